The van der Waals surface area contributed by atoms with E-state index in [1.54, 1.807) is 0 Å². The van der Waals surface area contributed by atoms with E-state index in [-0.39, 0.29) is 5.54 Å². The minimum absolute atomic E-state index is 0.124. The number of hydrogen-bond acceptors (Lipinski definition) is 4. The predicted molar refractivity (Wildman–Crippen MR) is 126 cm³/mol. The Hall–Kier alpha value is -3.02. The molecule has 1 aromatic heterocycles. The van der Waals surface area contributed by atoms with Gasteiger partial charge in [0.15, 0.2) is 5.82 Å². The van der Waals surface area contributed by atoms with Crippen LogP contribution in [-0.4, -0.2) is 32.0 Å². The topological polar surface area (TPSA) is 78.8 Å². The van der Waals surface area contributed by atoms with Crippen LogP contribution in [0.2, 0.25) is 0 Å². The molecule has 0 saturated heterocycles. The van der Waals surface area contributed by atoms with Crippen LogP contribution < -0.4 is 5.32 Å². The molecule has 6 heteroatoms. The highest BCUT2D eigenvalue weighted by Crippen LogP contribution is 2.33. The third kappa shape index (κ3) is 5.37. The van der Waals surface area contributed by atoms with Crippen LogP contribution in [0.3, 0.4) is 0 Å². The van der Waals surface area contributed by atoms with E-state index in [2.05, 4.69) is 70.1 Å². The van der Waals surface area contributed by atoms with Gasteiger partial charge in [0, 0.05) is 18.5 Å². The summed E-state index contributed by atoms with van der Waals surface area (Å²) in [5, 5.41) is 18.0. The van der Waals surface area contributed by atoms with E-state index < -0.39 is 0 Å². The molecule has 1 aliphatic rings. The molecular formula is C25H32N6. The van der Waals surface area contributed by atoms with Gasteiger partial charge >= 0.3 is 0 Å². The highest BCUT2D eigenvalue weighted by atomic mass is 15.5. The Morgan fingerprint density at radius 3 is 2.48 bits per heavy atom. The van der Waals surface area contributed by atoms with Crippen LogP contribution >= 0.6 is 0 Å². The average molecular weight is 417 g/mol. The molecule has 1 saturated carbocycles. The lowest BCUT2D eigenvalue weighted by Gasteiger charge is -2.21. The SMILES string of the molecule is CCCC/C(=N/C1(C)CCCC1)NCc1ccc(-c2ccccc2-c2nnn[nH]2)cc1. The van der Waals surface area contributed by atoms with Crippen molar-refractivity contribution in [1.82, 2.24) is 25.9 Å². The standard InChI is InChI=1S/C25H32N6/c1-3-4-11-23(27-25(2)16-7-8-17-25)26-18-19-12-14-20(15-13-19)21-9-5-6-10-22(21)24-28-30-31-29-24/h5-6,9-10,12-15H,3-4,7-8,11,16-18H2,1-2H3,(H,26,27)(H,28,29,30,31). The maximum absolute atomic E-state index is 5.15. The van der Waals surface area contributed by atoms with Gasteiger partial charge in [-0.3, -0.25) is 4.99 Å². The number of aromatic nitrogens is 4. The molecule has 0 spiro atoms. The quantitative estimate of drug-likeness (QED) is 0.373. The molecule has 0 atom stereocenters. The number of amidine groups is 1. The Labute approximate surface area is 184 Å². The van der Waals surface area contributed by atoms with E-state index in [0.29, 0.717) is 5.82 Å². The number of rotatable bonds is 8. The van der Waals surface area contributed by atoms with Gasteiger partial charge in [-0.15, -0.1) is 5.10 Å². The highest BCUT2D eigenvalue weighted by Gasteiger charge is 2.28. The summed E-state index contributed by atoms with van der Waals surface area (Å²) in [6.07, 6.45) is 8.41. The summed E-state index contributed by atoms with van der Waals surface area (Å²) in [6, 6.07) is 16.9. The lowest BCUT2D eigenvalue weighted by Crippen LogP contribution is -2.28. The largest absolute Gasteiger partial charge is 0.370 e. The van der Waals surface area contributed by atoms with Gasteiger partial charge in [0.2, 0.25) is 0 Å². The van der Waals surface area contributed by atoms with Crippen molar-refractivity contribution in [1.29, 1.82) is 0 Å². The first-order valence-corrected chi connectivity index (χ1v) is 11.4. The average Bonchev–Trinajstić information content (AvgIpc) is 3.48. The maximum Gasteiger partial charge on any atom is 0.180 e. The number of nitrogens with one attached hydrogen (secondary N) is 2. The molecule has 4 rings (SSSR count). The third-order valence-electron chi connectivity index (χ3n) is 6.14. The van der Waals surface area contributed by atoms with E-state index in [4.69, 9.17) is 4.99 Å². The van der Waals surface area contributed by atoms with Crippen molar-refractivity contribution in [3.05, 3.63) is 54.1 Å². The molecule has 6 nitrogen and oxygen atoms in total. The van der Waals surface area contributed by atoms with E-state index in [1.165, 1.54) is 49.9 Å². The van der Waals surface area contributed by atoms with Crippen molar-refractivity contribution in [2.75, 3.05) is 0 Å². The molecule has 0 aliphatic heterocycles. The third-order valence-corrected chi connectivity index (χ3v) is 6.14. The monoisotopic (exact) mass is 416 g/mol. The van der Waals surface area contributed by atoms with Crippen LogP contribution in [0.1, 0.15) is 64.4 Å². The van der Waals surface area contributed by atoms with Crippen LogP contribution in [0, 0.1) is 0 Å². The molecule has 0 unspecified atom stereocenters. The summed E-state index contributed by atoms with van der Waals surface area (Å²) in [5.74, 6) is 1.84. The van der Waals surface area contributed by atoms with Gasteiger partial charge in [-0.05, 0) is 53.3 Å². The smallest absolute Gasteiger partial charge is 0.180 e. The molecule has 2 aromatic carbocycles. The summed E-state index contributed by atoms with van der Waals surface area (Å²) >= 11 is 0. The van der Waals surface area contributed by atoms with Crippen molar-refractivity contribution in [3.63, 3.8) is 0 Å². The van der Waals surface area contributed by atoms with Crippen LogP contribution in [0.4, 0.5) is 0 Å². The number of aliphatic imine (C=N–C) groups is 1. The number of aromatic amines is 1. The van der Waals surface area contributed by atoms with Crippen LogP contribution in [-0.2, 0) is 6.54 Å². The predicted octanol–water partition coefficient (Wildman–Crippen LogP) is 5.54. The first-order valence-electron chi connectivity index (χ1n) is 11.4. The second-order valence-electron chi connectivity index (χ2n) is 8.71. The zero-order valence-electron chi connectivity index (χ0n) is 18.6. The van der Waals surface area contributed by atoms with Crippen LogP contribution in [0.25, 0.3) is 22.5 Å². The Bertz CT molecular complexity index is 985. The molecule has 3 aromatic rings. The van der Waals surface area contributed by atoms with E-state index in [0.717, 1.165) is 29.7 Å². The highest BCUT2D eigenvalue weighted by molar-refractivity contribution is 5.83. The molecule has 0 bridgehead atoms. The molecule has 0 amide bonds. The Morgan fingerprint density at radius 1 is 1.06 bits per heavy atom. The summed E-state index contributed by atoms with van der Waals surface area (Å²) in [4.78, 5) is 5.15. The number of nitrogens with zero attached hydrogens (tertiary/aromatic N) is 4. The first-order chi connectivity index (χ1) is 15.2. The lowest BCUT2D eigenvalue weighted by atomic mass is 9.98. The van der Waals surface area contributed by atoms with Gasteiger partial charge in [-0.25, -0.2) is 5.10 Å². The van der Waals surface area contributed by atoms with E-state index >= 15 is 0 Å². The normalized spacial score (nSPS) is 15.9. The number of benzene rings is 2. The van der Waals surface area contributed by atoms with Crippen LogP contribution in [0.15, 0.2) is 53.5 Å². The van der Waals surface area contributed by atoms with Crippen molar-refractivity contribution >= 4 is 5.84 Å². The summed E-state index contributed by atoms with van der Waals surface area (Å²) in [5.41, 5.74) is 4.63. The molecule has 1 aliphatic carbocycles. The minimum atomic E-state index is 0.124. The first kappa shape index (κ1) is 21.2. The fourth-order valence-electron chi connectivity index (χ4n) is 4.32. The van der Waals surface area contributed by atoms with E-state index in [9.17, 15) is 0 Å². The Kier molecular flexibility index (Phi) is 6.75. The number of unbranched alkanes of at least 4 members (excludes halogenated alkanes) is 1. The maximum atomic E-state index is 5.15. The van der Waals surface area contributed by atoms with Crippen molar-refractivity contribution in [2.24, 2.45) is 4.99 Å². The molecule has 31 heavy (non-hydrogen) atoms. The molecular weight excluding hydrogens is 384 g/mol. The van der Waals surface area contributed by atoms with Gasteiger partial charge in [0.25, 0.3) is 0 Å². The van der Waals surface area contributed by atoms with Crippen LogP contribution in [0.5, 0.6) is 0 Å². The van der Waals surface area contributed by atoms with Crippen molar-refractivity contribution < 1.29 is 0 Å². The number of H-pyrrole nitrogens is 1. The fraction of sp³-hybridized carbons (Fsp3) is 0.440. The lowest BCUT2D eigenvalue weighted by molar-refractivity contribution is 0.486. The Morgan fingerprint density at radius 2 is 1.81 bits per heavy atom. The van der Waals surface area contributed by atoms with Gasteiger partial charge < -0.3 is 5.32 Å². The summed E-state index contributed by atoms with van der Waals surface area (Å²) in [7, 11) is 0. The zero-order chi connectivity index (χ0) is 21.5. The van der Waals surface area contributed by atoms with Gasteiger partial charge in [0.05, 0.1) is 11.4 Å². The van der Waals surface area contributed by atoms with Gasteiger partial charge in [-0.2, -0.15) is 0 Å². The minimum Gasteiger partial charge on any atom is -0.370 e. The van der Waals surface area contributed by atoms with Gasteiger partial charge in [-0.1, -0.05) is 74.7 Å². The molecule has 2 N–H and O–H groups in total. The second-order valence-corrected chi connectivity index (χ2v) is 8.71. The molecule has 1 heterocycles. The molecule has 1 fully saturated rings. The van der Waals surface area contributed by atoms with Crippen molar-refractivity contribution in [3.8, 4) is 22.5 Å². The summed E-state index contributed by atoms with van der Waals surface area (Å²) in [6.45, 7) is 5.34. The number of hydrogen-bond donors (Lipinski definition) is 2. The molecule has 162 valence electrons. The summed E-state index contributed by atoms with van der Waals surface area (Å²) < 4.78 is 0. The van der Waals surface area contributed by atoms with Crippen molar-refractivity contribution in [2.45, 2.75) is 70.9 Å². The van der Waals surface area contributed by atoms with Gasteiger partial charge in [0.1, 0.15) is 0 Å². The Balaban J connectivity index is 1.47. The molecule has 0 radical (unpaired) electrons. The number of tetrazole rings is 1. The van der Waals surface area contributed by atoms with E-state index in [1.807, 2.05) is 18.2 Å². The second kappa shape index (κ2) is 9.86. The fourth-order valence-corrected chi connectivity index (χ4v) is 4.32. The zero-order valence-corrected chi connectivity index (χ0v) is 18.6.